The first kappa shape index (κ1) is 13.4. The van der Waals surface area contributed by atoms with Gasteiger partial charge in [0, 0.05) is 19.4 Å². The second-order valence-corrected chi connectivity index (χ2v) is 3.87. The van der Waals surface area contributed by atoms with Crippen LogP contribution in [0.1, 0.15) is 20.3 Å². The second kappa shape index (κ2) is 6.20. The molecule has 17 heavy (non-hydrogen) atoms. The van der Waals surface area contributed by atoms with Crippen LogP contribution in [0, 0.1) is 0 Å². The minimum absolute atomic E-state index is 0.308. The predicted molar refractivity (Wildman–Crippen MR) is 60.0 cm³/mol. The maximum Gasteiger partial charge on any atom is 0.330 e. The van der Waals surface area contributed by atoms with Gasteiger partial charge < -0.3 is 14.6 Å². The van der Waals surface area contributed by atoms with Gasteiger partial charge in [-0.05, 0) is 19.1 Å². The number of aliphatic hydroxyl groups is 1. The number of hydrogen-bond acceptors (Lipinski definition) is 5. The van der Waals surface area contributed by atoms with E-state index in [0.29, 0.717) is 6.42 Å². The molecular formula is C12H16O5. The molecule has 1 aliphatic rings. The van der Waals surface area contributed by atoms with E-state index < -0.39 is 24.1 Å². The topological polar surface area (TPSA) is 72.8 Å². The Morgan fingerprint density at radius 1 is 1.47 bits per heavy atom. The van der Waals surface area contributed by atoms with Gasteiger partial charge in [-0.2, -0.15) is 0 Å². The molecule has 1 heterocycles. The normalized spacial score (nSPS) is 33.4. The lowest BCUT2D eigenvalue weighted by Gasteiger charge is -2.16. The Hall–Kier alpha value is -1.62. The molecule has 0 radical (unpaired) electrons. The number of carbonyl (C=O) groups is 2. The summed E-state index contributed by atoms with van der Waals surface area (Å²) in [4.78, 5) is 22.1. The smallest absolute Gasteiger partial charge is 0.330 e. The molecule has 1 rings (SSSR count). The van der Waals surface area contributed by atoms with Crippen LogP contribution >= 0.6 is 0 Å². The van der Waals surface area contributed by atoms with E-state index in [9.17, 15) is 14.7 Å². The molecule has 0 saturated heterocycles. The minimum Gasteiger partial charge on any atom is -0.459 e. The van der Waals surface area contributed by atoms with Crippen LogP contribution in [0.2, 0.25) is 0 Å². The lowest BCUT2D eigenvalue weighted by Crippen LogP contribution is -2.21. The third-order valence-corrected chi connectivity index (χ3v) is 2.14. The van der Waals surface area contributed by atoms with Crippen LogP contribution in [-0.2, 0) is 19.1 Å². The lowest BCUT2D eigenvalue weighted by atomic mass is 10.1. The van der Waals surface area contributed by atoms with E-state index in [-0.39, 0.29) is 6.10 Å². The van der Waals surface area contributed by atoms with E-state index in [1.54, 1.807) is 6.92 Å². The van der Waals surface area contributed by atoms with Gasteiger partial charge in [0.25, 0.3) is 0 Å². The van der Waals surface area contributed by atoms with Crippen LogP contribution in [0.3, 0.4) is 0 Å². The average Bonchev–Trinajstić information content (AvgIpc) is 2.20. The molecule has 0 saturated carbocycles. The Morgan fingerprint density at radius 3 is 2.82 bits per heavy atom. The SMILES string of the molecule is CC(=O)O[C@H]1/C=C\C(=O)O[C@H](C)C[C@H](O)/C=C\1. The second-order valence-electron chi connectivity index (χ2n) is 3.87. The van der Waals surface area contributed by atoms with Crippen molar-refractivity contribution in [3.8, 4) is 0 Å². The fourth-order valence-electron chi connectivity index (χ4n) is 1.45. The molecule has 1 N–H and O–H groups in total. The maximum atomic E-state index is 11.3. The van der Waals surface area contributed by atoms with E-state index in [1.165, 1.54) is 31.2 Å². The molecular weight excluding hydrogens is 224 g/mol. The molecule has 0 aromatic heterocycles. The molecule has 5 heteroatoms. The van der Waals surface area contributed by atoms with Crippen LogP contribution < -0.4 is 0 Å². The molecule has 0 unspecified atom stereocenters. The summed E-state index contributed by atoms with van der Waals surface area (Å²) in [5, 5.41) is 9.60. The maximum absolute atomic E-state index is 11.3. The van der Waals surface area contributed by atoms with Crippen molar-refractivity contribution >= 4 is 11.9 Å². The molecule has 0 amide bonds. The highest BCUT2D eigenvalue weighted by atomic mass is 16.5. The Labute approximate surface area is 99.7 Å². The van der Waals surface area contributed by atoms with Crippen LogP contribution in [0.15, 0.2) is 24.3 Å². The largest absolute Gasteiger partial charge is 0.459 e. The summed E-state index contributed by atoms with van der Waals surface area (Å²) in [5.41, 5.74) is 0. The average molecular weight is 240 g/mol. The standard InChI is InChI=1S/C12H16O5/c1-8-7-10(14)3-4-11(17-9(2)13)5-6-12(15)16-8/h3-6,8,10-11,14H,7H2,1-2H3/b4-3-,6-5-/t8-,10-,11-/m1/s1. The minimum atomic E-state index is -0.734. The Morgan fingerprint density at radius 2 is 2.18 bits per heavy atom. The van der Waals surface area contributed by atoms with Crippen LogP contribution in [0.5, 0.6) is 0 Å². The van der Waals surface area contributed by atoms with E-state index in [1.807, 2.05) is 0 Å². The Bertz CT molecular complexity index is 345. The Balaban J connectivity index is 2.79. The number of aliphatic hydroxyl groups excluding tert-OH is 1. The summed E-state index contributed by atoms with van der Waals surface area (Å²) in [5.74, 6) is -0.977. The molecule has 94 valence electrons. The first-order chi connectivity index (χ1) is 7.97. The molecule has 3 atom stereocenters. The number of hydrogen-bond donors (Lipinski definition) is 1. The molecule has 0 bridgehead atoms. The number of rotatable bonds is 1. The molecule has 0 aliphatic carbocycles. The van der Waals surface area contributed by atoms with Crippen molar-refractivity contribution in [3.63, 3.8) is 0 Å². The number of ether oxygens (including phenoxy) is 2. The van der Waals surface area contributed by atoms with Crippen molar-refractivity contribution < 1.29 is 24.2 Å². The summed E-state index contributed by atoms with van der Waals surface area (Å²) in [6.07, 6.45) is 4.23. The number of carbonyl (C=O) groups excluding carboxylic acids is 2. The highest BCUT2D eigenvalue weighted by Gasteiger charge is 2.14. The van der Waals surface area contributed by atoms with Crippen LogP contribution in [0.25, 0.3) is 0 Å². The molecule has 5 nitrogen and oxygen atoms in total. The van der Waals surface area contributed by atoms with Gasteiger partial charge >= 0.3 is 11.9 Å². The highest BCUT2D eigenvalue weighted by molar-refractivity contribution is 5.82. The van der Waals surface area contributed by atoms with Crippen molar-refractivity contribution in [1.29, 1.82) is 0 Å². The number of cyclic esters (lactones) is 1. The van der Waals surface area contributed by atoms with Crippen molar-refractivity contribution in [3.05, 3.63) is 24.3 Å². The van der Waals surface area contributed by atoms with E-state index in [2.05, 4.69) is 0 Å². The van der Waals surface area contributed by atoms with Gasteiger partial charge in [0.05, 0.1) is 6.10 Å². The number of esters is 2. The van der Waals surface area contributed by atoms with Crippen LogP contribution in [-0.4, -0.2) is 35.4 Å². The van der Waals surface area contributed by atoms with Gasteiger partial charge in [-0.15, -0.1) is 0 Å². The van der Waals surface area contributed by atoms with E-state index in [4.69, 9.17) is 9.47 Å². The monoisotopic (exact) mass is 240 g/mol. The van der Waals surface area contributed by atoms with Gasteiger partial charge in [-0.3, -0.25) is 4.79 Å². The zero-order valence-corrected chi connectivity index (χ0v) is 9.83. The molecule has 0 spiro atoms. The summed E-state index contributed by atoms with van der Waals surface area (Å²) >= 11 is 0. The van der Waals surface area contributed by atoms with Gasteiger partial charge in [0.15, 0.2) is 0 Å². The van der Waals surface area contributed by atoms with Gasteiger partial charge in [-0.25, -0.2) is 4.79 Å². The molecule has 0 fully saturated rings. The van der Waals surface area contributed by atoms with Gasteiger partial charge in [0.1, 0.15) is 12.2 Å². The summed E-state index contributed by atoms with van der Waals surface area (Å²) in [7, 11) is 0. The first-order valence-corrected chi connectivity index (χ1v) is 5.40. The van der Waals surface area contributed by atoms with Gasteiger partial charge in [0.2, 0.25) is 0 Å². The molecule has 1 aliphatic heterocycles. The van der Waals surface area contributed by atoms with E-state index >= 15 is 0 Å². The van der Waals surface area contributed by atoms with Crippen molar-refractivity contribution in [2.45, 2.75) is 38.6 Å². The third kappa shape index (κ3) is 5.31. The van der Waals surface area contributed by atoms with Crippen LogP contribution in [0.4, 0.5) is 0 Å². The fourth-order valence-corrected chi connectivity index (χ4v) is 1.45. The zero-order chi connectivity index (χ0) is 12.8. The summed E-state index contributed by atoms with van der Waals surface area (Å²) < 4.78 is 9.91. The van der Waals surface area contributed by atoms with Crippen molar-refractivity contribution in [1.82, 2.24) is 0 Å². The van der Waals surface area contributed by atoms with Crippen molar-refractivity contribution in [2.24, 2.45) is 0 Å². The Kier molecular flexibility index (Phi) is 4.90. The molecule has 0 aromatic rings. The first-order valence-electron chi connectivity index (χ1n) is 5.40. The summed E-state index contributed by atoms with van der Waals surface area (Å²) in [6.45, 7) is 2.98. The quantitative estimate of drug-likeness (QED) is 0.540. The van der Waals surface area contributed by atoms with E-state index in [0.717, 1.165) is 0 Å². The van der Waals surface area contributed by atoms with Crippen molar-refractivity contribution in [2.75, 3.05) is 0 Å². The molecule has 0 aromatic carbocycles. The summed E-state index contributed by atoms with van der Waals surface area (Å²) in [6, 6.07) is 0. The predicted octanol–water partition coefficient (Wildman–Crippen LogP) is 0.727. The third-order valence-electron chi connectivity index (χ3n) is 2.14. The van der Waals surface area contributed by atoms with Gasteiger partial charge in [-0.1, -0.05) is 6.08 Å². The highest BCUT2D eigenvalue weighted by Crippen LogP contribution is 2.09. The lowest BCUT2D eigenvalue weighted by molar-refractivity contribution is -0.145. The zero-order valence-electron chi connectivity index (χ0n) is 9.83. The fraction of sp³-hybridized carbons (Fsp3) is 0.500.